The molecule has 0 radical (unpaired) electrons. The number of hydrogen-bond acceptors (Lipinski definition) is 3. The van der Waals surface area contributed by atoms with Crippen molar-refractivity contribution >= 4 is 0 Å². The monoisotopic (exact) mass is 195 g/mol. The van der Waals surface area contributed by atoms with Crippen LogP contribution in [0.4, 0.5) is 0 Å². The van der Waals surface area contributed by atoms with Gasteiger partial charge in [0, 0.05) is 12.6 Å². The van der Waals surface area contributed by atoms with E-state index >= 15 is 0 Å². The molecular formula is C11H17NO2. The Labute approximate surface area is 84.6 Å². The van der Waals surface area contributed by atoms with E-state index in [-0.39, 0.29) is 18.4 Å². The second-order valence-corrected chi connectivity index (χ2v) is 3.59. The second-order valence-electron chi connectivity index (χ2n) is 3.59. The average molecular weight is 195 g/mol. The van der Waals surface area contributed by atoms with Crippen molar-refractivity contribution < 1.29 is 10.2 Å². The smallest absolute Gasteiger partial charge is 0.115 e. The highest BCUT2D eigenvalue weighted by molar-refractivity contribution is 5.29. The Morgan fingerprint density at radius 2 is 2.07 bits per heavy atom. The lowest BCUT2D eigenvalue weighted by Crippen LogP contribution is -2.20. The molecule has 3 nitrogen and oxygen atoms in total. The largest absolute Gasteiger partial charge is 0.508 e. The predicted molar refractivity (Wildman–Crippen MR) is 56.2 cm³/mol. The quantitative estimate of drug-likeness (QED) is 0.762. The van der Waals surface area contributed by atoms with Crippen LogP contribution in [0.2, 0.25) is 0 Å². The molecule has 3 heteroatoms. The zero-order valence-corrected chi connectivity index (χ0v) is 8.64. The first-order chi connectivity index (χ1) is 6.65. The summed E-state index contributed by atoms with van der Waals surface area (Å²) in [6, 6.07) is 7.32. The van der Waals surface area contributed by atoms with E-state index in [0.29, 0.717) is 6.42 Å². The molecule has 0 aliphatic rings. The lowest BCUT2D eigenvalue weighted by Gasteiger charge is -2.24. The molecule has 1 aromatic rings. The maximum Gasteiger partial charge on any atom is 0.115 e. The molecular weight excluding hydrogens is 178 g/mol. The minimum Gasteiger partial charge on any atom is -0.508 e. The van der Waals surface area contributed by atoms with E-state index in [1.54, 1.807) is 12.1 Å². The van der Waals surface area contributed by atoms with E-state index in [0.717, 1.165) is 5.56 Å². The molecule has 0 amide bonds. The lowest BCUT2D eigenvalue weighted by molar-refractivity contribution is 0.210. The third-order valence-electron chi connectivity index (χ3n) is 2.28. The maximum absolute atomic E-state index is 9.33. The first-order valence-corrected chi connectivity index (χ1v) is 4.71. The van der Waals surface area contributed by atoms with Gasteiger partial charge in [0.05, 0.1) is 0 Å². The SMILES string of the molecule is CN(C)C(CCO)c1cccc(O)c1. The second kappa shape index (κ2) is 4.98. The summed E-state index contributed by atoms with van der Waals surface area (Å²) in [5.41, 5.74) is 1.03. The number of nitrogens with zero attached hydrogens (tertiary/aromatic N) is 1. The highest BCUT2D eigenvalue weighted by Gasteiger charge is 2.13. The number of hydrogen-bond donors (Lipinski definition) is 2. The van der Waals surface area contributed by atoms with E-state index in [1.807, 2.05) is 31.1 Å². The lowest BCUT2D eigenvalue weighted by atomic mass is 10.0. The van der Waals surface area contributed by atoms with Crippen LogP contribution in [0.15, 0.2) is 24.3 Å². The molecule has 0 saturated heterocycles. The molecule has 0 bridgehead atoms. The number of phenolic OH excluding ortho intramolecular Hbond substituents is 1. The first kappa shape index (κ1) is 11.0. The number of rotatable bonds is 4. The van der Waals surface area contributed by atoms with Crippen molar-refractivity contribution in [3.8, 4) is 5.75 Å². The Morgan fingerprint density at radius 3 is 2.57 bits per heavy atom. The van der Waals surface area contributed by atoms with Crippen LogP contribution in [0.5, 0.6) is 5.75 Å². The van der Waals surface area contributed by atoms with Crippen LogP contribution in [0.1, 0.15) is 18.0 Å². The molecule has 0 aliphatic carbocycles. The average Bonchev–Trinajstić information content (AvgIpc) is 2.13. The van der Waals surface area contributed by atoms with Gasteiger partial charge in [-0.3, -0.25) is 0 Å². The van der Waals surface area contributed by atoms with Gasteiger partial charge in [0.2, 0.25) is 0 Å². The minimum absolute atomic E-state index is 0.151. The zero-order valence-electron chi connectivity index (χ0n) is 8.64. The summed E-state index contributed by atoms with van der Waals surface area (Å²) in [4.78, 5) is 2.03. The molecule has 0 aromatic heterocycles. The first-order valence-electron chi connectivity index (χ1n) is 4.71. The van der Waals surface area contributed by atoms with Gasteiger partial charge in [0.15, 0.2) is 0 Å². The third kappa shape index (κ3) is 2.72. The van der Waals surface area contributed by atoms with Crippen LogP contribution in [0.25, 0.3) is 0 Å². The molecule has 78 valence electrons. The van der Waals surface area contributed by atoms with Gasteiger partial charge < -0.3 is 15.1 Å². The van der Waals surface area contributed by atoms with Crippen LogP contribution in [-0.2, 0) is 0 Å². The normalized spacial score (nSPS) is 13.1. The van der Waals surface area contributed by atoms with Gasteiger partial charge in [-0.05, 0) is 38.2 Å². The van der Waals surface area contributed by atoms with E-state index < -0.39 is 0 Å². The van der Waals surface area contributed by atoms with Crippen molar-refractivity contribution in [2.45, 2.75) is 12.5 Å². The molecule has 1 rings (SSSR count). The highest BCUT2D eigenvalue weighted by Crippen LogP contribution is 2.24. The van der Waals surface area contributed by atoms with Crippen LogP contribution in [-0.4, -0.2) is 35.8 Å². The molecule has 1 unspecified atom stereocenters. The van der Waals surface area contributed by atoms with Crippen molar-refractivity contribution in [2.75, 3.05) is 20.7 Å². The molecule has 0 fully saturated rings. The Kier molecular flexibility index (Phi) is 3.92. The Balaban J connectivity index is 2.87. The molecule has 0 heterocycles. The van der Waals surface area contributed by atoms with Gasteiger partial charge in [-0.2, -0.15) is 0 Å². The van der Waals surface area contributed by atoms with Gasteiger partial charge >= 0.3 is 0 Å². The molecule has 0 spiro atoms. The van der Waals surface area contributed by atoms with E-state index in [2.05, 4.69) is 0 Å². The fourth-order valence-corrected chi connectivity index (χ4v) is 1.58. The molecule has 2 N–H and O–H groups in total. The van der Waals surface area contributed by atoms with E-state index in [4.69, 9.17) is 5.11 Å². The zero-order chi connectivity index (χ0) is 10.6. The van der Waals surface area contributed by atoms with Crippen LogP contribution in [0.3, 0.4) is 0 Å². The summed E-state index contributed by atoms with van der Waals surface area (Å²) in [6.07, 6.45) is 0.677. The van der Waals surface area contributed by atoms with Crippen LogP contribution >= 0.6 is 0 Å². The summed E-state index contributed by atoms with van der Waals surface area (Å²) in [7, 11) is 3.93. The summed E-state index contributed by atoms with van der Waals surface area (Å²) in [5.74, 6) is 0.271. The summed E-state index contributed by atoms with van der Waals surface area (Å²) in [5, 5.41) is 18.3. The number of aliphatic hydroxyl groups is 1. The van der Waals surface area contributed by atoms with Crippen molar-refractivity contribution in [1.82, 2.24) is 4.90 Å². The molecule has 14 heavy (non-hydrogen) atoms. The van der Waals surface area contributed by atoms with Gasteiger partial charge in [0.25, 0.3) is 0 Å². The molecule has 0 aliphatic heterocycles. The fraction of sp³-hybridized carbons (Fsp3) is 0.455. The van der Waals surface area contributed by atoms with Crippen LogP contribution in [0, 0.1) is 0 Å². The van der Waals surface area contributed by atoms with Crippen molar-refractivity contribution in [2.24, 2.45) is 0 Å². The van der Waals surface area contributed by atoms with Crippen LogP contribution < -0.4 is 0 Å². The molecule has 1 aromatic carbocycles. The Bertz CT molecular complexity index is 286. The standard InChI is InChI=1S/C11H17NO2/c1-12(2)11(6-7-13)9-4-3-5-10(14)8-9/h3-5,8,11,13-14H,6-7H2,1-2H3. The number of aliphatic hydroxyl groups excluding tert-OH is 1. The molecule has 1 atom stereocenters. The minimum atomic E-state index is 0.151. The van der Waals surface area contributed by atoms with Gasteiger partial charge in [-0.1, -0.05) is 12.1 Å². The molecule has 0 saturated carbocycles. The summed E-state index contributed by atoms with van der Waals surface area (Å²) in [6.45, 7) is 0.151. The number of aromatic hydroxyl groups is 1. The maximum atomic E-state index is 9.33. The van der Waals surface area contributed by atoms with E-state index in [1.165, 1.54) is 0 Å². The predicted octanol–water partition coefficient (Wildman–Crippen LogP) is 1.38. The topological polar surface area (TPSA) is 43.7 Å². The van der Waals surface area contributed by atoms with Crippen molar-refractivity contribution in [3.63, 3.8) is 0 Å². The number of phenols is 1. The van der Waals surface area contributed by atoms with Gasteiger partial charge in [-0.25, -0.2) is 0 Å². The fourth-order valence-electron chi connectivity index (χ4n) is 1.58. The van der Waals surface area contributed by atoms with Crippen molar-refractivity contribution in [3.05, 3.63) is 29.8 Å². The van der Waals surface area contributed by atoms with E-state index in [9.17, 15) is 5.11 Å². The Hall–Kier alpha value is -1.06. The Morgan fingerprint density at radius 1 is 1.36 bits per heavy atom. The number of benzene rings is 1. The van der Waals surface area contributed by atoms with Gasteiger partial charge in [-0.15, -0.1) is 0 Å². The van der Waals surface area contributed by atoms with Gasteiger partial charge in [0.1, 0.15) is 5.75 Å². The third-order valence-corrected chi connectivity index (χ3v) is 2.28. The summed E-state index contributed by atoms with van der Waals surface area (Å²) >= 11 is 0. The highest BCUT2D eigenvalue weighted by atomic mass is 16.3. The van der Waals surface area contributed by atoms with Crippen molar-refractivity contribution in [1.29, 1.82) is 0 Å². The summed E-state index contributed by atoms with van der Waals surface area (Å²) < 4.78 is 0.